The Morgan fingerprint density at radius 3 is 1.11 bits per heavy atom. The van der Waals surface area contributed by atoms with Gasteiger partial charge in [0.25, 0.3) is 40.1 Å². The van der Waals surface area contributed by atoms with Gasteiger partial charge in [-0.3, -0.25) is 38.8 Å². The van der Waals surface area contributed by atoms with Crippen molar-refractivity contribution < 1.29 is 47.5 Å². The van der Waals surface area contributed by atoms with E-state index in [0.717, 1.165) is 82.3 Å². The Labute approximate surface area is 735 Å². The minimum Gasteiger partial charge on any atom is -0.494 e. The number of hydrogen-bond donors (Lipinski definition) is 4. The second kappa shape index (κ2) is 35.8. The van der Waals surface area contributed by atoms with Crippen molar-refractivity contribution in [1.29, 1.82) is 0 Å². The largest absolute Gasteiger partial charge is 0.494 e. The average Bonchev–Trinajstić information content (AvgIpc) is 1.69. The summed E-state index contributed by atoms with van der Waals surface area (Å²) in [6, 6.07) is 63.1. The van der Waals surface area contributed by atoms with Crippen LogP contribution in [0.25, 0.3) is 66.4 Å². The van der Waals surface area contributed by atoms with Crippen molar-refractivity contribution in [2.24, 2.45) is 0 Å². The molecular weight excluding hydrogens is 1730 g/mol. The highest BCUT2D eigenvalue weighted by atomic mass is 79.9. The van der Waals surface area contributed by atoms with E-state index in [1.165, 1.54) is 16.8 Å². The fourth-order valence-electron chi connectivity index (χ4n) is 13.7. The van der Waals surface area contributed by atoms with Gasteiger partial charge in [-0.1, -0.05) is 105 Å². The lowest BCUT2D eigenvalue weighted by Gasteiger charge is -2.19. The predicted octanol–water partition coefficient (Wildman–Crippen LogP) is 20.0. The van der Waals surface area contributed by atoms with Gasteiger partial charge in [-0.15, -0.1) is 0 Å². The van der Waals surface area contributed by atoms with E-state index in [9.17, 15) is 38.1 Å². The molecule has 4 N–H and O–H groups in total. The lowest BCUT2D eigenvalue weighted by Crippen LogP contribution is -2.17. The van der Waals surface area contributed by atoms with Crippen molar-refractivity contribution in [3.63, 3.8) is 0 Å². The lowest BCUT2D eigenvalue weighted by molar-refractivity contribution is 0.231. The van der Waals surface area contributed by atoms with Gasteiger partial charge in [-0.05, 0) is 255 Å². The van der Waals surface area contributed by atoms with E-state index in [1.807, 2.05) is 155 Å². The van der Waals surface area contributed by atoms with Gasteiger partial charge in [0, 0.05) is 75.1 Å². The van der Waals surface area contributed by atoms with Crippen LogP contribution in [0.1, 0.15) is 121 Å². The molecule has 0 unspecified atom stereocenters. The first-order valence-electron chi connectivity index (χ1n) is 39.8. The number of ether oxygens (including phenoxy) is 2. The zero-order chi connectivity index (χ0) is 90.0. The van der Waals surface area contributed by atoms with Crippen LogP contribution in [-0.4, -0.2) is 106 Å². The number of methoxy groups -OCH3 is 1. The number of pyridine rings is 4. The van der Waals surface area contributed by atoms with E-state index >= 15 is 0 Å². The van der Waals surface area contributed by atoms with Gasteiger partial charge in [-0.2, -0.15) is 20.4 Å². The molecule has 8 heterocycles. The van der Waals surface area contributed by atoms with Crippen LogP contribution < -0.4 is 28.4 Å². The molecule has 8 aromatic carbocycles. The van der Waals surface area contributed by atoms with Crippen molar-refractivity contribution in [2.45, 2.75) is 153 Å². The molecule has 0 radical (unpaired) electrons. The number of anilines is 4. The standard InChI is InChI=1S/C24H26N4O3S.C24H26N4O2S.C23H23BrN4O2S.C22H21FN4O3S/c1-16-15-22(27-32(29,30)18-10-8-17(9-11-18)24(2,3)4)28(26-16)20-12-13-21(31-5)23-19(20)7-6-14-25-23;1-16-13-21-20(7-6-12-25-21)22(14-16)28-23(15-17(2)26-28)27-31(29,30)19-10-8-18(9-11-19)24(3,4)5;1-15-14-21(27-31(29,30)17-9-7-16(8-10-17)23(2,3)4)28(26-15)20-12-11-19(24)22-18(20)6-5-13-25-22;1-14(2)30-21-10-9-16(13-18(21)23)31(28,29)26-22-12-15(3)25-27(22)20-8-4-7-19-17(20)6-5-11-24-19/h6-15,27H,1-5H3;6-15,27H,1-5H3;5-14,27H,1-4H3;4-14,26H,1-3H3. The first-order chi connectivity index (χ1) is 58.9. The Bertz CT molecular complexity index is 7200. The molecule has 0 aliphatic rings. The topological polar surface area (TPSA) is 326 Å². The number of rotatable bonds is 19. The summed E-state index contributed by atoms with van der Waals surface area (Å²) >= 11 is 3.52. The third kappa shape index (κ3) is 20.5. The molecular formula is C93H96BrFN16O10S4. The molecule has 0 aliphatic heterocycles. The van der Waals surface area contributed by atoms with Crippen molar-refractivity contribution in [2.75, 3.05) is 26.0 Å². The normalized spacial score (nSPS) is 12.1. The maximum absolute atomic E-state index is 14.4. The number of benzene rings is 8. The number of fused-ring (bicyclic) bond motifs is 4. The summed E-state index contributed by atoms with van der Waals surface area (Å²) in [5.74, 6) is 1.21. The van der Waals surface area contributed by atoms with Gasteiger partial charge in [-0.25, -0.2) is 56.8 Å². The fourth-order valence-corrected chi connectivity index (χ4v) is 18.3. The molecule has 16 rings (SSSR count). The molecule has 16 aromatic rings. The molecule has 0 atom stereocenters. The molecule has 125 heavy (non-hydrogen) atoms. The summed E-state index contributed by atoms with van der Waals surface area (Å²) in [5.41, 5.74) is 12.7. The second-order valence-corrected chi connectivity index (χ2v) is 40.8. The molecule has 646 valence electrons. The van der Waals surface area contributed by atoms with Crippen LogP contribution in [0.4, 0.5) is 27.7 Å². The lowest BCUT2D eigenvalue weighted by atomic mass is 9.87. The van der Waals surface area contributed by atoms with E-state index < -0.39 is 45.9 Å². The smallest absolute Gasteiger partial charge is 0.263 e. The van der Waals surface area contributed by atoms with Gasteiger partial charge in [0.1, 0.15) is 34.5 Å². The summed E-state index contributed by atoms with van der Waals surface area (Å²) in [7, 11) is -13.9. The number of hydrogen-bond acceptors (Lipinski definition) is 18. The third-order valence-electron chi connectivity index (χ3n) is 20.0. The molecule has 8 aromatic heterocycles. The summed E-state index contributed by atoms with van der Waals surface area (Å²) in [4.78, 5) is 18.0. The molecule has 0 bridgehead atoms. The van der Waals surface area contributed by atoms with Crippen LogP contribution in [0.3, 0.4) is 0 Å². The van der Waals surface area contributed by atoms with Crippen LogP contribution in [0.15, 0.2) is 267 Å². The Kier molecular flexibility index (Phi) is 25.8. The van der Waals surface area contributed by atoms with E-state index in [0.29, 0.717) is 62.9 Å². The van der Waals surface area contributed by atoms with Gasteiger partial charge >= 0.3 is 0 Å². The molecule has 0 amide bonds. The van der Waals surface area contributed by atoms with Crippen molar-refractivity contribution in [3.05, 3.63) is 298 Å². The van der Waals surface area contributed by atoms with Gasteiger partial charge in [0.15, 0.2) is 11.6 Å². The fraction of sp³-hybridized carbons (Fsp3) is 0.226. The van der Waals surface area contributed by atoms with Crippen LogP contribution in [0.5, 0.6) is 11.5 Å². The zero-order valence-corrected chi connectivity index (χ0v) is 76.9. The number of aromatic nitrogens is 12. The summed E-state index contributed by atoms with van der Waals surface area (Å²) in [5, 5.41) is 21.4. The van der Waals surface area contributed by atoms with E-state index in [2.05, 4.69) is 137 Å². The maximum Gasteiger partial charge on any atom is 0.263 e. The number of sulfonamides is 4. The van der Waals surface area contributed by atoms with Crippen LogP contribution in [0, 0.1) is 40.4 Å². The third-order valence-corrected chi connectivity index (χ3v) is 26.1. The Morgan fingerprint density at radius 1 is 0.360 bits per heavy atom. The number of nitrogens with one attached hydrogen (secondary N) is 4. The minimum atomic E-state index is -4.07. The van der Waals surface area contributed by atoms with Crippen molar-refractivity contribution in [3.8, 4) is 34.2 Å². The molecule has 0 aliphatic carbocycles. The molecule has 0 fully saturated rings. The molecule has 0 saturated carbocycles. The highest BCUT2D eigenvalue weighted by molar-refractivity contribution is 9.10. The molecule has 32 heteroatoms. The summed E-state index contributed by atoms with van der Waals surface area (Å²) in [6.07, 6.45) is 6.60. The Balaban J connectivity index is 0.000000143. The highest BCUT2D eigenvalue weighted by Crippen LogP contribution is 2.37. The molecule has 0 saturated heterocycles. The van der Waals surface area contributed by atoms with Crippen molar-refractivity contribution >= 4 is 123 Å². The van der Waals surface area contributed by atoms with Gasteiger partial charge in [0.05, 0.1) is 94.9 Å². The predicted molar refractivity (Wildman–Crippen MR) is 494 cm³/mol. The second-order valence-electron chi connectivity index (χ2n) is 33.2. The first kappa shape index (κ1) is 90.0. The van der Waals surface area contributed by atoms with Gasteiger partial charge < -0.3 is 9.47 Å². The van der Waals surface area contributed by atoms with Crippen LogP contribution in [-0.2, 0) is 56.3 Å². The number of nitrogens with zero attached hydrogens (tertiary/aromatic N) is 12. The Morgan fingerprint density at radius 2 is 0.704 bits per heavy atom. The zero-order valence-electron chi connectivity index (χ0n) is 72.0. The Hall–Kier alpha value is -12.8. The summed E-state index contributed by atoms with van der Waals surface area (Å²) < 4.78 is 148. The average molecular weight is 1830 g/mol. The molecule has 0 spiro atoms. The first-order valence-corrected chi connectivity index (χ1v) is 46.5. The van der Waals surface area contributed by atoms with Crippen molar-refractivity contribution in [1.82, 2.24) is 59.1 Å². The van der Waals surface area contributed by atoms with E-state index in [1.54, 1.807) is 140 Å². The maximum atomic E-state index is 14.4. The monoisotopic (exact) mass is 1820 g/mol. The minimum absolute atomic E-state index is 0.00177. The SMILES string of the molecule is COc1ccc(-n2nc(C)cc2NS(=O)(=O)c2ccc(C(C)(C)C)cc2)c2cccnc12.Cc1cc(-n2nc(C)cc2NS(=O)(=O)c2ccc(C(C)(C)C)cc2)c2cccnc2c1.Cc1cc(NS(=O)(=O)c2ccc(C(C)(C)C)cc2)n(-c2ccc(Br)c3ncccc23)n1.Cc1cc(NS(=O)(=O)c2ccc(OC(C)C)c(F)c2)n(-c2cccc3ncccc23)n1. The summed E-state index contributed by atoms with van der Waals surface area (Å²) in [6.45, 7) is 31.6. The van der Waals surface area contributed by atoms with E-state index in [-0.39, 0.29) is 53.5 Å². The van der Waals surface area contributed by atoms with Crippen LogP contribution in [0.2, 0.25) is 0 Å². The highest BCUT2D eigenvalue weighted by Gasteiger charge is 2.28. The van der Waals surface area contributed by atoms with Crippen LogP contribution >= 0.6 is 15.9 Å². The molecule has 26 nitrogen and oxygen atoms in total. The quantitative estimate of drug-likeness (QED) is 0.0584. The number of aryl methyl sites for hydroxylation is 5. The van der Waals surface area contributed by atoms with Gasteiger partial charge in [0.2, 0.25) is 0 Å². The van der Waals surface area contributed by atoms with E-state index in [4.69, 9.17) is 9.47 Å². The number of halogens is 2.